The van der Waals surface area contributed by atoms with Gasteiger partial charge in [0.2, 0.25) is 0 Å². The van der Waals surface area contributed by atoms with E-state index >= 15 is 0 Å². The van der Waals surface area contributed by atoms with Crippen molar-refractivity contribution in [2.75, 3.05) is 19.0 Å². The Morgan fingerprint density at radius 1 is 0.952 bits per heavy atom. The number of nitrogens with zero attached hydrogens (tertiary/aromatic N) is 1. The lowest BCUT2D eigenvalue weighted by molar-refractivity contribution is 0.696. The lowest BCUT2D eigenvalue weighted by Crippen LogP contribution is -2.13. The lowest BCUT2D eigenvalue weighted by atomic mass is 10.1. The number of H-pyrrole nitrogens is 1. The molecule has 0 radical (unpaired) electrons. The van der Waals surface area contributed by atoms with E-state index in [0.717, 1.165) is 13.1 Å². The first-order valence-corrected chi connectivity index (χ1v) is 7.26. The molecule has 1 heterocycles. The number of rotatable bonds is 5. The zero-order valence-electron chi connectivity index (χ0n) is 12.6. The number of anilines is 1. The molecule has 0 aliphatic heterocycles. The number of hydrogen-bond acceptors (Lipinski definition) is 2. The number of aromatic amines is 1. The maximum Gasteiger partial charge on any atom is 0.0457 e. The van der Waals surface area contributed by atoms with E-state index in [-0.39, 0.29) is 0 Å². The van der Waals surface area contributed by atoms with Crippen LogP contribution in [0.1, 0.15) is 11.1 Å². The molecular formula is C18H21N3. The van der Waals surface area contributed by atoms with E-state index in [9.17, 15) is 0 Å². The fraction of sp³-hybridized carbons (Fsp3) is 0.222. The molecule has 3 aromatic rings. The summed E-state index contributed by atoms with van der Waals surface area (Å²) in [6, 6.07) is 17.1. The Morgan fingerprint density at radius 2 is 1.71 bits per heavy atom. The molecule has 0 spiro atoms. The highest BCUT2D eigenvalue weighted by atomic mass is 15.1. The normalized spacial score (nSPS) is 11.0. The highest BCUT2D eigenvalue weighted by Gasteiger charge is 2.02. The Labute approximate surface area is 125 Å². The van der Waals surface area contributed by atoms with Crippen molar-refractivity contribution in [3.8, 4) is 0 Å². The number of hydrogen-bond donors (Lipinski definition) is 2. The maximum absolute atomic E-state index is 3.51. The molecule has 3 nitrogen and oxygen atoms in total. The van der Waals surface area contributed by atoms with E-state index in [0.29, 0.717) is 0 Å². The van der Waals surface area contributed by atoms with Gasteiger partial charge >= 0.3 is 0 Å². The Hall–Kier alpha value is -2.26. The number of benzene rings is 2. The van der Waals surface area contributed by atoms with Crippen LogP contribution in [0.25, 0.3) is 10.9 Å². The van der Waals surface area contributed by atoms with E-state index in [1.807, 2.05) is 0 Å². The summed E-state index contributed by atoms with van der Waals surface area (Å²) >= 11 is 0. The Balaban J connectivity index is 1.61. The van der Waals surface area contributed by atoms with Gasteiger partial charge in [-0.2, -0.15) is 0 Å². The van der Waals surface area contributed by atoms with E-state index in [1.54, 1.807) is 0 Å². The molecule has 1 aromatic heterocycles. The van der Waals surface area contributed by atoms with Crippen LogP contribution < -0.4 is 10.2 Å². The predicted molar refractivity (Wildman–Crippen MR) is 89.6 cm³/mol. The lowest BCUT2D eigenvalue weighted by Gasteiger charge is -2.12. The summed E-state index contributed by atoms with van der Waals surface area (Å²) < 4.78 is 0. The molecule has 0 saturated heterocycles. The predicted octanol–water partition coefficient (Wildman–Crippen LogP) is 3.52. The molecule has 21 heavy (non-hydrogen) atoms. The first-order valence-electron chi connectivity index (χ1n) is 7.26. The molecule has 0 saturated carbocycles. The minimum atomic E-state index is 0.874. The maximum atomic E-state index is 3.51. The Bertz CT molecular complexity index is 711. The molecular weight excluding hydrogens is 258 g/mol. The zero-order chi connectivity index (χ0) is 14.7. The summed E-state index contributed by atoms with van der Waals surface area (Å²) in [5.74, 6) is 0. The van der Waals surface area contributed by atoms with Gasteiger partial charge in [-0.05, 0) is 29.3 Å². The highest BCUT2D eigenvalue weighted by Crippen LogP contribution is 2.17. The number of para-hydroxylation sites is 1. The second-order valence-corrected chi connectivity index (χ2v) is 5.52. The van der Waals surface area contributed by atoms with Crippen molar-refractivity contribution < 1.29 is 0 Å². The third-order valence-corrected chi connectivity index (χ3v) is 3.77. The van der Waals surface area contributed by atoms with Gasteiger partial charge in [0, 0.05) is 50.0 Å². The van der Waals surface area contributed by atoms with E-state index < -0.39 is 0 Å². The van der Waals surface area contributed by atoms with Crippen LogP contribution in [-0.2, 0) is 13.1 Å². The van der Waals surface area contributed by atoms with Crippen LogP contribution in [-0.4, -0.2) is 19.1 Å². The fourth-order valence-corrected chi connectivity index (χ4v) is 2.53. The van der Waals surface area contributed by atoms with E-state index in [4.69, 9.17) is 0 Å². The molecule has 0 amide bonds. The summed E-state index contributed by atoms with van der Waals surface area (Å²) in [7, 11) is 4.12. The SMILES string of the molecule is CN(C)c1ccc(CNCc2c[nH]c3ccccc23)cc1. The van der Waals surface area contributed by atoms with Gasteiger partial charge < -0.3 is 15.2 Å². The van der Waals surface area contributed by atoms with Crippen molar-refractivity contribution in [1.29, 1.82) is 0 Å². The number of nitrogens with one attached hydrogen (secondary N) is 2. The molecule has 0 fully saturated rings. The summed E-state index contributed by atoms with van der Waals surface area (Å²) in [6.45, 7) is 1.76. The van der Waals surface area contributed by atoms with Crippen LogP contribution in [0.2, 0.25) is 0 Å². The van der Waals surface area contributed by atoms with Crippen molar-refractivity contribution >= 4 is 16.6 Å². The number of fused-ring (bicyclic) bond motifs is 1. The molecule has 0 bridgehead atoms. The summed E-state index contributed by atoms with van der Waals surface area (Å²) in [5.41, 5.74) is 5.05. The summed E-state index contributed by atoms with van der Waals surface area (Å²) in [5, 5.41) is 4.81. The van der Waals surface area contributed by atoms with Crippen molar-refractivity contribution in [3.63, 3.8) is 0 Å². The van der Waals surface area contributed by atoms with Gasteiger partial charge in [0.05, 0.1) is 0 Å². The second-order valence-electron chi connectivity index (χ2n) is 5.52. The van der Waals surface area contributed by atoms with Gasteiger partial charge in [-0.15, -0.1) is 0 Å². The average Bonchev–Trinajstić information content (AvgIpc) is 2.91. The third-order valence-electron chi connectivity index (χ3n) is 3.77. The molecule has 2 N–H and O–H groups in total. The van der Waals surface area contributed by atoms with Crippen LogP contribution in [0.15, 0.2) is 54.7 Å². The number of aromatic nitrogens is 1. The quantitative estimate of drug-likeness (QED) is 0.748. The minimum absolute atomic E-state index is 0.874. The topological polar surface area (TPSA) is 31.1 Å². The fourth-order valence-electron chi connectivity index (χ4n) is 2.53. The van der Waals surface area contributed by atoms with Gasteiger partial charge in [-0.1, -0.05) is 30.3 Å². The van der Waals surface area contributed by atoms with Crippen LogP contribution in [0.4, 0.5) is 5.69 Å². The molecule has 0 unspecified atom stereocenters. The Kier molecular flexibility index (Phi) is 3.93. The average molecular weight is 279 g/mol. The molecule has 108 valence electrons. The standard InChI is InChI=1S/C18H21N3/c1-21(2)16-9-7-14(8-10-16)11-19-12-15-13-20-18-6-4-3-5-17(15)18/h3-10,13,19-20H,11-12H2,1-2H3. The van der Waals surface area contributed by atoms with Crippen molar-refractivity contribution in [2.24, 2.45) is 0 Å². The van der Waals surface area contributed by atoms with Crippen LogP contribution in [0, 0.1) is 0 Å². The first kappa shape index (κ1) is 13.7. The molecule has 3 heteroatoms. The van der Waals surface area contributed by atoms with Crippen LogP contribution in [0.3, 0.4) is 0 Å². The van der Waals surface area contributed by atoms with Crippen LogP contribution >= 0.6 is 0 Å². The monoisotopic (exact) mass is 279 g/mol. The third kappa shape index (κ3) is 3.09. The van der Waals surface area contributed by atoms with Gasteiger partial charge in [0.15, 0.2) is 0 Å². The minimum Gasteiger partial charge on any atom is -0.378 e. The highest BCUT2D eigenvalue weighted by molar-refractivity contribution is 5.82. The van der Waals surface area contributed by atoms with Gasteiger partial charge in [-0.3, -0.25) is 0 Å². The van der Waals surface area contributed by atoms with Gasteiger partial charge in [0.25, 0.3) is 0 Å². The summed E-state index contributed by atoms with van der Waals surface area (Å²) in [6.07, 6.45) is 2.09. The van der Waals surface area contributed by atoms with E-state index in [1.165, 1.54) is 27.7 Å². The van der Waals surface area contributed by atoms with Crippen molar-refractivity contribution in [1.82, 2.24) is 10.3 Å². The molecule has 0 atom stereocenters. The molecule has 3 rings (SSSR count). The summed E-state index contributed by atoms with van der Waals surface area (Å²) in [4.78, 5) is 5.43. The zero-order valence-corrected chi connectivity index (χ0v) is 12.6. The smallest absolute Gasteiger partial charge is 0.0457 e. The van der Waals surface area contributed by atoms with Crippen molar-refractivity contribution in [2.45, 2.75) is 13.1 Å². The second kappa shape index (κ2) is 6.02. The molecule has 0 aliphatic rings. The van der Waals surface area contributed by atoms with Crippen LogP contribution in [0.5, 0.6) is 0 Å². The first-order chi connectivity index (χ1) is 10.2. The van der Waals surface area contributed by atoms with E-state index in [2.05, 4.69) is 84.0 Å². The van der Waals surface area contributed by atoms with Crippen molar-refractivity contribution in [3.05, 3.63) is 65.9 Å². The molecule has 2 aromatic carbocycles. The molecule has 0 aliphatic carbocycles. The Morgan fingerprint density at radius 3 is 2.48 bits per heavy atom. The largest absolute Gasteiger partial charge is 0.378 e. The van der Waals surface area contributed by atoms with Gasteiger partial charge in [-0.25, -0.2) is 0 Å². The van der Waals surface area contributed by atoms with Gasteiger partial charge in [0.1, 0.15) is 0 Å².